The van der Waals surface area contributed by atoms with E-state index in [1.54, 1.807) is 13.8 Å². The maximum atomic E-state index is 10.7. The zero-order valence-electron chi connectivity index (χ0n) is 8.44. The normalized spacial score (nSPS) is 14.0. The molecule has 0 bridgehead atoms. The first-order valence-electron chi connectivity index (χ1n) is 4.33. The molecule has 3 nitrogen and oxygen atoms in total. The molecule has 78 valence electrons. The fourth-order valence-electron chi connectivity index (χ4n) is 1.22. The van der Waals surface area contributed by atoms with Crippen LogP contribution in [0.1, 0.15) is 23.6 Å². The summed E-state index contributed by atoms with van der Waals surface area (Å²) in [4.78, 5) is 12.7. The molecule has 0 aliphatic rings. The molecule has 4 heteroatoms. The predicted octanol–water partition coefficient (Wildman–Crippen LogP) is 1.78. The van der Waals surface area contributed by atoms with E-state index in [0.717, 1.165) is 9.75 Å². The quantitative estimate of drug-likeness (QED) is 0.806. The van der Waals surface area contributed by atoms with Gasteiger partial charge in [0.05, 0.1) is 0 Å². The summed E-state index contributed by atoms with van der Waals surface area (Å²) in [6, 6.07) is 3.79. The van der Waals surface area contributed by atoms with Gasteiger partial charge in [-0.05, 0) is 19.1 Å². The second-order valence-electron chi connectivity index (χ2n) is 3.87. The van der Waals surface area contributed by atoms with Gasteiger partial charge in [0.25, 0.3) is 0 Å². The first kappa shape index (κ1) is 11.2. The van der Waals surface area contributed by atoms with Crippen molar-refractivity contribution in [2.45, 2.75) is 32.3 Å². The van der Waals surface area contributed by atoms with Crippen molar-refractivity contribution in [1.29, 1.82) is 0 Å². The van der Waals surface area contributed by atoms with Crippen LogP contribution in [0.3, 0.4) is 0 Å². The van der Waals surface area contributed by atoms with Crippen LogP contribution in [-0.2, 0) is 10.2 Å². The summed E-state index contributed by atoms with van der Waals surface area (Å²) in [5, 5.41) is 18.3. The van der Waals surface area contributed by atoms with Gasteiger partial charge in [0.2, 0.25) is 0 Å². The van der Waals surface area contributed by atoms with E-state index in [-0.39, 0.29) is 0 Å². The largest absolute Gasteiger partial charge is 0.479 e. The number of aliphatic hydroxyl groups is 1. The van der Waals surface area contributed by atoms with Gasteiger partial charge < -0.3 is 10.2 Å². The second-order valence-corrected chi connectivity index (χ2v) is 5.16. The van der Waals surface area contributed by atoms with E-state index < -0.39 is 17.5 Å². The van der Waals surface area contributed by atoms with Crippen molar-refractivity contribution in [2.24, 2.45) is 0 Å². The first-order chi connectivity index (χ1) is 6.35. The van der Waals surface area contributed by atoms with Gasteiger partial charge in [0.1, 0.15) is 0 Å². The van der Waals surface area contributed by atoms with E-state index in [9.17, 15) is 9.90 Å². The van der Waals surface area contributed by atoms with Gasteiger partial charge >= 0.3 is 5.97 Å². The molecule has 1 unspecified atom stereocenters. The molecule has 0 aliphatic heterocycles. The van der Waals surface area contributed by atoms with E-state index >= 15 is 0 Å². The Balaban J connectivity index is 3.01. The van der Waals surface area contributed by atoms with Crippen LogP contribution in [0.2, 0.25) is 0 Å². The molecule has 0 radical (unpaired) electrons. The van der Waals surface area contributed by atoms with Crippen molar-refractivity contribution in [1.82, 2.24) is 0 Å². The number of aryl methyl sites for hydroxylation is 1. The smallest absolute Gasteiger partial charge is 0.333 e. The molecule has 1 heterocycles. The van der Waals surface area contributed by atoms with Crippen LogP contribution in [-0.4, -0.2) is 22.3 Å². The van der Waals surface area contributed by atoms with Gasteiger partial charge in [-0.15, -0.1) is 11.3 Å². The predicted molar refractivity (Wildman–Crippen MR) is 55.7 cm³/mol. The van der Waals surface area contributed by atoms with Crippen LogP contribution in [0.15, 0.2) is 12.1 Å². The molecule has 1 atom stereocenters. The standard InChI is InChI=1S/C10H14O3S/c1-6-4-5-7(14-6)10(2,3)8(11)9(12)13/h4-5,8,11H,1-3H3,(H,12,13). The van der Waals surface area contributed by atoms with Crippen LogP contribution in [0.5, 0.6) is 0 Å². The highest BCUT2D eigenvalue weighted by molar-refractivity contribution is 7.12. The average molecular weight is 214 g/mol. The lowest BCUT2D eigenvalue weighted by Gasteiger charge is -2.26. The molecule has 0 spiro atoms. The maximum Gasteiger partial charge on any atom is 0.333 e. The topological polar surface area (TPSA) is 57.5 Å². The van der Waals surface area contributed by atoms with E-state index in [1.807, 2.05) is 19.1 Å². The second kappa shape index (κ2) is 3.71. The summed E-state index contributed by atoms with van der Waals surface area (Å²) in [6.45, 7) is 5.42. The van der Waals surface area contributed by atoms with Crippen LogP contribution < -0.4 is 0 Å². The van der Waals surface area contributed by atoms with Gasteiger partial charge in [-0.25, -0.2) is 4.79 Å². The molecule has 1 rings (SSSR count). The molecule has 14 heavy (non-hydrogen) atoms. The summed E-state index contributed by atoms with van der Waals surface area (Å²) in [5.74, 6) is -1.18. The fourth-order valence-corrected chi connectivity index (χ4v) is 2.22. The van der Waals surface area contributed by atoms with E-state index in [1.165, 1.54) is 11.3 Å². The van der Waals surface area contributed by atoms with Gasteiger partial charge in [-0.1, -0.05) is 13.8 Å². The Morgan fingerprint density at radius 1 is 1.50 bits per heavy atom. The van der Waals surface area contributed by atoms with Crippen molar-refractivity contribution in [3.8, 4) is 0 Å². The number of carbonyl (C=O) groups is 1. The lowest BCUT2D eigenvalue weighted by molar-refractivity contribution is -0.150. The van der Waals surface area contributed by atoms with E-state index in [0.29, 0.717) is 0 Å². The number of hydrogen-bond donors (Lipinski definition) is 2. The molecule has 1 aromatic heterocycles. The molecule has 2 N–H and O–H groups in total. The summed E-state index contributed by atoms with van der Waals surface area (Å²) < 4.78 is 0. The molecule has 0 fully saturated rings. The summed E-state index contributed by atoms with van der Waals surface area (Å²) >= 11 is 1.52. The van der Waals surface area contributed by atoms with Gasteiger partial charge in [-0.3, -0.25) is 0 Å². The Morgan fingerprint density at radius 2 is 2.07 bits per heavy atom. The van der Waals surface area contributed by atoms with Crippen molar-refractivity contribution >= 4 is 17.3 Å². The van der Waals surface area contributed by atoms with Crippen LogP contribution in [0.4, 0.5) is 0 Å². The molecule has 0 saturated heterocycles. The lowest BCUT2D eigenvalue weighted by Crippen LogP contribution is -2.39. The Hall–Kier alpha value is -0.870. The molecule has 0 aromatic carbocycles. The third-order valence-corrected chi connectivity index (χ3v) is 3.63. The fraction of sp³-hybridized carbons (Fsp3) is 0.500. The van der Waals surface area contributed by atoms with E-state index in [4.69, 9.17) is 5.11 Å². The Kier molecular flexibility index (Phi) is 2.97. The monoisotopic (exact) mass is 214 g/mol. The van der Waals surface area contributed by atoms with Crippen molar-refractivity contribution in [2.75, 3.05) is 0 Å². The molecule has 1 aromatic rings. The average Bonchev–Trinajstić information content (AvgIpc) is 2.50. The number of aliphatic carboxylic acids is 1. The van der Waals surface area contributed by atoms with Gasteiger partial charge in [0.15, 0.2) is 6.10 Å². The number of rotatable bonds is 3. The highest BCUT2D eigenvalue weighted by Gasteiger charge is 2.36. The van der Waals surface area contributed by atoms with Gasteiger partial charge in [0, 0.05) is 15.2 Å². The van der Waals surface area contributed by atoms with Crippen LogP contribution in [0, 0.1) is 6.92 Å². The number of carboxylic acids is 1. The molecule has 0 saturated carbocycles. The Bertz CT molecular complexity index is 341. The SMILES string of the molecule is Cc1ccc(C(C)(C)C(O)C(=O)O)s1. The van der Waals surface area contributed by atoms with Crippen molar-refractivity contribution < 1.29 is 15.0 Å². The molecular formula is C10H14O3S. The minimum Gasteiger partial charge on any atom is -0.479 e. The zero-order valence-corrected chi connectivity index (χ0v) is 9.26. The highest BCUT2D eigenvalue weighted by atomic mass is 32.1. The minimum absolute atomic E-state index is 0.731. The van der Waals surface area contributed by atoms with Crippen molar-refractivity contribution in [3.05, 3.63) is 21.9 Å². The minimum atomic E-state index is -1.36. The highest BCUT2D eigenvalue weighted by Crippen LogP contribution is 2.32. The van der Waals surface area contributed by atoms with Gasteiger partial charge in [-0.2, -0.15) is 0 Å². The first-order valence-corrected chi connectivity index (χ1v) is 5.15. The third-order valence-electron chi connectivity index (χ3n) is 2.29. The number of thiophene rings is 1. The summed E-state index contributed by atoms with van der Waals surface area (Å²) in [7, 11) is 0. The van der Waals surface area contributed by atoms with Crippen LogP contribution in [0.25, 0.3) is 0 Å². The number of aliphatic hydroxyl groups excluding tert-OH is 1. The summed E-state index contributed by atoms with van der Waals surface area (Å²) in [6.07, 6.45) is -1.36. The third kappa shape index (κ3) is 1.96. The Labute approximate surface area is 87.0 Å². The van der Waals surface area contributed by atoms with Crippen LogP contribution >= 0.6 is 11.3 Å². The zero-order chi connectivity index (χ0) is 10.9. The number of hydrogen-bond acceptors (Lipinski definition) is 3. The lowest BCUT2D eigenvalue weighted by atomic mass is 9.85. The molecule has 0 amide bonds. The molecule has 0 aliphatic carbocycles. The van der Waals surface area contributed by atoms with E-state index in [2.05, 4.69) is 0 Å². The molecular weight excluding hydrogens is 200 g/mol. The number of carboxylic acid groups (broad SMARTS) is 1. The van der Waals surface area contributed by atoms with Crippen molar-refractivity contribution in [3.63, 3.8) is 0 Å². The maximum absolute atomic E-state index is 10.7. The summed E-state index contributed by atoms with van der Waals surface area (Å²) in [5.41, 5.74) is -0.731. The Morgan fingerprint density at radius 3 is 2.43 bits per heavy atom.